The first-order valence-corrected chi connectivity index (χ1v) is 7.71. The summed E-state index contributed by atoms with van der Waals surface area (Å²) in [4.78, 5) is 0. The summed E-state index contributed by atoms with van der Waals surface area (Å²) in [6.45, 7) is 0. The number of hydrogen-bond acceptors (Lipinski definition) is 0. The van der Waals surface area contributed by atoms with E-state index in [-0.39, 0.29) is 5.82 Å². The van der Waals surface area contributed by atoms with Crippen LogP contribution in [0.5, 0.6) is 0 Å². The molecule has 108 valence electrons. The van der Waals surface area contributed by atoms with Crippen LogP contribution in [0.1, 0.15) is 33.7 Å². The van der Waals surface area contributed by atoms with Crippen LogP contribution in [0.3, 0.4) is 0 Å². The van der Waals surface area contributed by atoms with E-state index < -0.39 is 0 Å². The maximum Gasteiger partial charge on any atom is 0.123 e. The molecule has 0 nitrogen and oxygen atoms in total. The predicted octanol–water partition coefficient (Wildman–Crippen LogP) is 5.10. The van der Waals surface area contributed by atoms with E-state index in [1.807, 2.05) is 12.1 Å². The second-order valence-electron chi connectivity index (χ2n) is 5.96. The van der Waals surface area contributed by atoms with E-state index in [2.05, 4.69) is 48.5 Å². The number of benzene rings is 3. The Morgan fingerprint density at radius 1 is 0.727 bits per heavy atom. The van der Waals surface area contributed by atoms with Gasteiger partial charge in [-0.25, -0.2) is 4.39 Å². The molecule has 0 unspecified atom stereocenters. The molecule has 0 aliphatic heterocycles. The lowest BCUT2D eigenvalue weighted by atomic mass is 9.75. The third-order valence-electron chi connectivity index (χ3n) is 4.60. The van der Waals surface area contributed by atoms with Crippen LogP contribution >= 0.6 is 0 Å². The molecule has 0 fully saturated rings. The Kier molecular flexibility index (Phi) is 3.27. The molecule has 0 heterocycles. The summed E-state index contributed by atoms with van der Waals surface area (Å²) < 4.78 is 13.1. The fourth-order valence-electron chi connectivity index (χ4n) is 3.52. The molecule has 3 aromatic rings. The fourth-order valence-corrected chi connectivity index (χ4v) is 3.52. The van der Waals surface area contributed by atoms with Crippen LogP contribution in [0.25, 0.3) is 0 Å². The Balaban J connectivity index is 1.79. The summed E-state index contributed by atoms with van der Waals surface area (Å²) in [6.07, 6.45) is 1.92. The average molecular weight is 288 g/mol. The Morgan fingerprint density at radius 2 is 1.27 bits per heavy atom. The maximum absolute atomic E-state index is 13.1. The number of hydrogen-bond donors (Lipinski definition) is 0. The van der Waals surface area contributed by atoms with Gasteiger partial charge in [-0.3, -0.25) is 0 Å². The van der Waals surface area contributed by atoms with Gasteiger partial charge in [0.15, 0.2) is 0 Å². The molecule has 0 saturated carbocycles. The van der Waals surface area contributed by atoms with Gasteiger partial charge in [-0.2, -0.15) is 0 Å². The molecule has 3 aromatic carbocycles. The van der Waals surface area contributed by atoms with E-state index in [1.165, 1.54) is 27.8 Å². The monoisotopic (exact) mass is 288 g/mol. The van der Waals surface area contributed by atoms with Gasteiger partial charge in [-0.15, -0.1) is 0 Å². The van der Waals surface area contributed by atoms with E-state index >= 15 is 0 Å². The second-order valence-corrected chi connectivity index (χ2v) is 5.96. The highest BCUT2D eigenvalue weighted by molar-refractivity contribution is 5.49. The van der Waals surface area contributed by atoms with Crippen molar-refractivity contribution >= 4 is 0 Å². The van der Waals surface area contributed by atoms with Crippen molar-refractivity contribution in [2.75, 3.05) is 0 Å². The van der Waals surface area contributed by atoms with Crippen molar-refractivity contribution in [3.8, 4) is 0 Å². The lowest BCUT2D eigenvalue weighted by molar-refractivity contribution is 0.626. The number of fused-ring (bicyclic) bond motifs is 2. The normalized spacial score (nSPS) is 13.5. The summed E-state index contributed by atoms with van der Waals surface area (Å²) >= 11 is 0. The van der Waals surface area contributed by atoms with Gasteiger partial charge in [0.25, 0.3) is 0 Å². The summed E-state index contributed by atoms with van der Waals surface area (Å²) in [6, 6.07) is 24.3. The molecule has 1 aliphatic rings. The minimum atomic E-state index is -0.173. The van der Waals surface area contributed by atoms with Crippen molar-refractivity contribution in [3.63, 3.8) is 0 Å². The van der Waals surface area contributed by atoms with Crippen molar-refractivity contribution in [1.29, 1.82) is 0 Å². The van der Waals surface area contributed by atoms with Gasteiger partial charge in [0.05, 0.1) is 0 Å². The minimum absolute atomic E-state index is 0.173. The molecule has 1 heteroatoms. The van der Waals surface area contributed by atoms with Crippen molar-refractivity contribution < 1.29 is 4.39 Å². The SMILES string of the molecule is Fc1ccc(CC2c3ccccc3Cc3ccccc32)cc1. The van der Waals surface area contributed by atoms with E-state index in [9.17, 15) is 4.39 Å². The van der Waals surface area contributed by atoms with Gasteiger partial charge >= 0.3 is 0 Å². The third-order valence-corrected chi connectivity index (χ3v) is 4.60. The highest BCUT2D eigenvalue weighted by atomic mass is 19.1. The molecule has 1 aliphatic carbocycles. The summed E-state index contributed by atoms with van der Waals surface area (Å²) in [7, 11) is 0. The molecule has 0 radical (unpaired) electrons. The lowest BCUT2D eigenvalue weighted by Gasteiger charge is -2.28. The van der Waals surface area contributed by atoms with Crippen molar-refractivity contribution in [2.45, 2.75) is 18.8 Å². The van der Waals surface area contributed by atoms with Crippen molar-refractivity contribution in [1.82, 2.24) is 0 Å². The molecular formula is C21H17F. The van der Waals surface area contributed by atoms with Gasteiger partial charge in [0.1, 0.15) is 5.82 Å². The van der Waals surface area contributed by atoms with Crippen LogP contribution in [-0.2, 0) is 12.8 Å². The molecular weight excluding hydrogens is 271 g/mol. The predicted molar refractivity (Wildman–Crippen MR) is 87.6 cm³/mol. The molecule has 0 spiro atoms. The van der Waals surface area contributed by atoms with Crippen LogP contribution < -0.4 is 0 Å². The van der Waals surface area contributed by atoms with Crippen LogP contribution in [0, 0.1) is 5.82 Å². The first kappa shape index (κ1) is 13.3. The quantitative estimate of drug-likeness (QED) is 0.615. The smallest absolute Gasteiger partial charge is 0.123 e. The number of rotatable bonds is 2. The largest absolute Gasteiger partial charge is 0.207 e. The Labute approximate surface area is 130 Å². The van der Waals surface area contributed by atoms with Crippen LogP contribution in [0.15, 0.2) is 72.8 Å². The van der Waals surface area contributed by atoms with Crippen LogP contribution in [0.4, 0.5) is 4.39 Å². The van der Waals surface area contributed by atoms with Gasteiger partial charge in [-0.05, 0) is 52.8 Å². The average Bonchev–Trinajstić information content (AvgIpc) is 2.56. The third kappa shape index (κ3) is 2.33. The molecule has 4 rings (SSSR count). The van der Waals surface area contributed by atoms with E-state index in [0.717, 1.165) is 12.8 Å². The van der Waals surface area contributed by atoms with E-state index in [1.54, 1.807) is 12.1 Å². The van der Waals surface area contributed by atoms with Gasteiger partial charge in [0.2, 0.25) is 0 Å². The van der Waals surface area contributed by atoms with Crippen molar-refractivity contribution in [3.05, 3.63) is 106 Å². The van der Waals surface area contributed by atoms with Gasteiger partial charge < -0.3 is 0 Å². The zero-order chi connectivity index (χ0) is 14.9. The summed E-state index contributed by atoms with van der Waals surface area (Å²) in [5.41, 5.74) is 6.82. The fraction of sp³-hybridized carbons (Fsp3) is 0.143. The second kappa shape index (κ2) is 5.42. The molecule has 0 atom stereocenters. The van der Waals surface area contributed by atoms with E-state index in [0.29, 0.717) is 5.92 Å². The first-order valence-electron chi connectivity index (χ1n) is 7.71. The zero-order valence-electron chi connectivity index (χ0n) is 12.3. The summed E-state index contributed by atoms with van der Waals surface area (Å²) in [5.74, 6) is 0.180. The molecule has 22 heavy (non-hydrogen) atoms. The lowest BCUT2D eigenvalue weighted by Crippen LogP contribution is -2.15. The van der Waals surface area contributed by atoms with Crippen LogP contribution in [-0.4, -0.2) is 0 Å². The molecule has 0 aromatic heterocycles. The van der Waals surface area contributed by atoms with Gasteiger partial charge in [0, 0.05) is 5.92 Å². The van der Waals surface area contributed by atoms with Crippen molar-refractivity contribution in [2.24, 2.45) is 0 Å². The number of halogens is 1. The maximum atomic E-state index is 13.1. The highest BCUT2D eigenvalue weighted by Gasteiger charge is 2.24. The molecule has 0 saturated heterocycles. The van der Waals surface area contributed by atoms with Crippen LogP contribution in [0.2, 0.25) is 0 Å². The highest BCUT2D eigenvalue weighted by Crippen LogP contribution is 2.38. The molecule has 0 bridgehead atoms. The Hall–Kier alpha value is -2.41. The molecule has 0 amide bonds. The topological polar surface area (TPSA) is 0 Å². The Bertz CT molecular complexity index is 757. The molecule has 0 N–H and O–H groups in total. The van der Waals surface area contributed by atoms with Gasteiger partial charge in [-0.1, -0.05) is 60.7 Å². The standard InChI is InChI=1S/C21H17F/c22-18-11-9-15(10-12-18)13-21-19-7-3-1-5-16(19)14-17-6-2-4-8-20(17)21/h1-12,21H,13-14H2. The zero-order valence-corrected chi connectivity index (χ0v) is 12.3. The summed E-state index contributed by atoms with van der Waals surface area (Å²) in [5, 5.41) is 0. The Morgan fingerprint density at radius 3 is 1.86 bits per heavy atom. The first-order chi connectivity index (χ1) is 10.8. The minimum Gasteiger partial charge on any atom is -0.207 e. The van der Waals surface area contributed by atoms with E-state index in [4.69, 9.17) is 0 Å².